The lowest BCUT2D eigenvalue weighted by molar-refractivity contribution is -0.137. The monoisotopic (exact) mass is 428 g/mol. The second-order valence-electron chi connectivity index (χ2n) is 7.20. The van der Waals surface area contributed by atoms with Crippen LogP contribution in [-0.2, 0) is 6.18 Å². The Hall–Kier alpha value is -3.62. The van der Waals surface area contributed by atoms with Crippen molar-refractivity contribution >= 4 is 11.6 Å². The minimum atomic E-state index is -4.44. The molecule has 9 heteroatoms. The fourth-order valence-electron chi connectivity index (χ4n) is 3.55. The summed E-state index contributed by atoms with van der Waals surface area (Å²) >= 11 is 0. The normalized spacial score (nSPS) is 16.4. The third-order valence-corrected chi connectivity index (χ3v) is 5.09. The zero-order chi connectivity index (χ0) is 22.0. The first-order valence-corrected chi connectivity index (χ1v) is 9.60. The highest BCUT2D eigenvalue weighted by atomic mass is 19.4. The van der Waals surface area contributed by atoms with Crippen LogP contribution in [0.2, 0.25) is 0 Å². The molecule has 0 radical (unpaired) electrons. The molecule has 1 amide bonds. The van der Waals surface area contributed by atoms with Crippen LogP contribution >= 0.6 is 0 Å². The Morgan fingerprint density at radius 2 is 1.97 bits per heavy atom. The van der Waals surface area contributed by atoms with E-state index in [1.54, 1.807) is 18.5 Å². The van der Waals surface area contributed by atoms with Crippen LogP contribution in [0.15, 0.2) is 61.1 Å². The number of carbonyl (C=O) groups excluding carboxylic acids is 1. The molecule has 4 rings (SSSR count). The first kappa shape index (κ1) is 20.6. The number of hydrogen-bond acceptors (Lipinski definition) is 5. The van der Waals surface area contributed by atoms with E-state index in [0.29, 0.717) is 30.8 Å². The average molecular weight is 428 g/mol. The summed E-state index contributed by atoms with van der Waals surface area (Å²) in [5.74, 6) is -0.420. The number of hydrogen-bond donors (Lipinski definition) is 1. The molecule has 3 aromatic rings. The Morgan fingerprint density at radius 1 is 1.13 bits per heavy atom. The molecule has 31 heavy (non-hydrogen) atoms. The number of nitrogens with two attached hydrogens (primary N) is 1. The van der Waals surface area contributed by atoms with Crippen LogP contribution < -0.4 is 15.4 Å². The minimum absolute atomic E-state index is 0.127. The summed E-state index contributed by atoms with van der Waals surface area (Å²) in [4.78, 5) is 21.9. The maximum absolute atomic E-state index is 12.7. The number of halogens is 3. The van der Waals surface area contributed by atoms with Gasteiger partial charge in [0.05, 0.1) is 17.7 Å². The molecule has 0 spiro atoms. The minimum Gasteiger partial charge on any atom is -0.472 e. The van der Waals surface area contributed by atoms with Crippen molar-refractivity contribution in [2.75, 3.05) is 18.0 Å². The third-order valence-electron chi connectivity index (χ3n) is 5.09. The summed E-state index contributed by atoms with van der Waals surface area (Å²) in [6.07, 6.45) is 0.0422. The molecule has 2 N–H and O–H groups in total. The van der Waals surface area contributed by atoms with E-state index in [1.165, 1.54) is 6.07 Å². The van der Waals surface area contributed by atoms with E-state index in [9.17, 15) is 18.0 Å². The zero-order valence-electron chi connectivity index (χ0n) is 16.3. The van der Waals surface area contributed by atoms with E-state index >= 15 is 0 Å². The highest BCUT2D eigenvalue weighted by Gasteiger charge is 2.31. The van der Waals surface area contributed by atoms with Gasteiger partial charge in [0.2, 0.25) is 5.88 Å². The van der Waals surface area contributed by atoms with E-state index in [4.69, 9.17) is 10.5 Å². The first-order valence-electron chi connectivity index (χ1n) is 9.60. The molecule has 6 nitrogen and oxygen atoms in total. The molecule has 160 valence electrons. The van der Waals surface area contributed by atoms with Gasteiger partial charge in [0, 0.05) is 48.9 Å². The topological polar surface area (TPSA) is 81.3 Å². The summed E-state index contributed by atoms with van der Waals surface area (Å²) in [6.45, 7) is 1.06. The molecular formula is C22H19F3N4O2. The number of alkyl halides is 3. The van der Waals surface area contributed by atoms with Gasteiger partial charge in [0.1, 0.15) is 6.10 Å². The summed E-state index contributed by atoms with van der Waals surface area (Å²) in [5.41, 5.74) is 7.56. The summed E-state index contributed by atoms with van der Waals surface area (Å²) in [5, 5.41) is 0. The number of rotatable bonds is 5. The van der Waals surface area contributed by atoms with E-state index in [0.717, 1.165) is 23.4 Å². The zero-order valence-corrected chi connectivity index (χ0v) is 16.3. The van der Waals surface area contributed by atoms with Crippen molar-refractivity contribution in [3.63, 3.8) is 0 Å². The van der Waals surface area contributed by atoms with Crippen molar-refractivity contribution in [2.24, 2.45) is 5.73 Å². The van der Waals surface area contributed by atoms with Crippen molar-refractivity contribution in [3.05, 3.63) is 72.2 Å². The number of carbonyl (C=O) groups is 1. The Morgan fingerprint density at radius 3 is 2.61 bits per heavy atom. The molecule has 3 heterocycles. The molecule has 1 saturated heterocycles. The quantitative estimate of drug-likeness (QED) is 0.666. The molecule has 1 aromatic carbocycles. The second-order valence-corrected chi connectivity index (χ2v) is 7.20. The van der Waals surface area contributed by atoms with Crippen LogP contribution in [0.3, 0.4) is 0 Å². The van der Waals surface area contributed by atoms with Crippen molar-refractivity contribution in [1.29, 1.82) is 0 Å². The van der Waals surface area contributed by atoms with Crippen LogP contribution in [0.4, 0.5) is 18.9 Å². The largest absolute Gasteiger partial charge is 0.472 e. The van der Waals surface area contributed by atoms with Gasteiger partial charge in [-0.25, -0.2) is 4.98 Å². The second kappa shape index (κ2) is 8.25. The highest BCUT2D eigenvalue weighted by molar-refractivity contribution is 6.00. The molecule has 1 aliphatic rings. The lowest BCUT2D eigenvalue weighted by atomic mass is 10.0. The van der Waals surface area contributed by atoms with Gasteiger partial charge in [0.15, 0.2) is 0 Å². The lowest BCUT2D eigenvalue weighted by Gasteiger charge is -2.22. The van der Waals surface area contributed by atoms with E-state index in [2.05, 4.69) is 9.97 Å². The number of amides is 1. The summed E-state index contributed by atoms with van der Waals surface area (Å²) in [7, 11) is 0. The molecular weight excluding hydrogens is 409 g/mol. The van der Waals surface area contributed by atoms with Crippen LogP contribution in [-0.4, -0.2) is 35.1 Å². The van der Waals surface area contributed by atoms with Crippen molar-refractivity contribution in [2.45, 2.75) is 18.7 Å². The Labute approximate surface area is 176 Å². The van der Waals surface area contributed by atoms with Crippen LogP contribution in [0, 0.1) is 0 Å². The maximum atomic E-state index is 12.7. The fourth-order valence-corrected chi connectivity index (χ4v) is 3.55. The predicted molar refractivity (Wildman–Crippen MR) is 109 cm³/mol. The van der Waals surface area contributed by atoms with Gasteiger partial charge < -0.3 is 15.4 Å². The van der Waals surface area contributed by atoms with Crippen molar-refractivity contribution in [3.8, 4) is 17.0 Å². The third kappa shape index (κ3) is 4.60. The molecule has 0 bridgehead atoms. The van der Waals surface area contributed by atoms with Gasteiger partial charge in [-0.3, -0.25) is 9.78 Å². The van der Waals surface area contributed by atoms with Gasteiger partial charge in [-0.05, 0) is 29.8 Å². The fraction of sp³-hybridized carbons (Fsp3) is 0.227. The molecule has 1 aliphatic heterocycles. The molecule has 0 saturated carbocycles. The smallest absolute Gasteiger partial charge is 0.417 e. The van der Waals surface area contributed by atoms with Crippen LogP contribution in [0.25, 0.3) is 11.1 Å². The number of benzene rings is 1. The Kier molecular flexibility index (Phi) is 5.50. The van der Waals surface area contributed by atoms with Gasteiger partial charge in [-0.2, -0.15) is 13.2 Å². The number of primary amides is 1. The van der Waals surface area contributed by atoms with Crippen LogP contribution in [0.1, 0.15) is 22.3 Å². The molecule has 0 aliphatic carbocycles. The lowest BCUT2D eigenvalue weighted by Crippen LogP contribution is -2.27. The number of pyridine rings is 2. The van der Waals surface area contributed by atoms with Gasteiger partial charge in [-0.1, -0.05) is 12.1 Å². The SMILES string of the molecule is NC(=O)c1cc(-c2cccnc2)ccc1N1CCC(Oc2ccc(C(F)(F)F)cn2)C1. The number of anilines is 1. The van der Waals surface area contributed by atoms with Crippen molar-refractivity contribution < 1.29 is 22.7 Å². The molecule has 1 atom stereocenters. The Bertz CT molecular complexity index is 1070. The van der Waals surface area contributed by atoms with Crippen molar-refractivity contribution in [1.82, 2.24) is 9.97 Å². The van der Waals surface area contributed by atoms with Gasteiger partial charge in [0.25, 0.3) is 5.91 Å². The first-order chi connectivity index (χ1) is 14.8. The number of nitrogens with zero attached hydrogens (tertiary/aromatic N) is 3. The standard InChI is InChI=1S/C22H19F3N4O2/c23-22(24,25)16-4-6-20(28-12-16)31-17-7-9-29(13-17)19-5-3-14(10-18(19)21(26)30)15-2-1-8-27-11-15/h1-6,8,10-12,17H,7,9,13H2,(H2,26,30). The summed E-state index contributed by atoms with van der Waals surface area (Å²) in [6, 6.07) is 11.3. The Balaban J connectivity index is 1.49. The molecule has 1 unspecified atom stereocenters. The van der Waals surface area contributed by atoms with Crippen LogP contribution in [0.5, 0.6) is 5.88 Å². The van der Waals surface area contributed by atoms with Gasteiger partial charge >= 0.3 is 6.18 Å². The number of ether oxygens (including phenoxy) is 1. The van der Waals surface area contributed by atoms with E-state index < -0.39 is 17.6 Å². The predicted octanol–water partition coefficient (Wildman–Crippen LogP) is 3.92. The maximum Gasteiger partial charge on any atom is 0.417 e. The molecule has 2 aromatic heterocycles. The molecule has 1 fully saturated rings. The van der Waals surface area contributed by atoms with Gasteiger partial charge in [-0.15, -0.1) is 0 Å². The summed E-state index contributed by atoms with van der Waals surface area (Å²) < 4.78 is 43.8. The van der Waals surface area contributed by atoms with E-state index in [1.807, 2.05) is 29.2 Å². The highest BCUT2D eigenvalue weighted by Crippen LogP contribution is 2.32. The average Bonchev–Trinajstić information content (AvgIpc) is 3.22. The number of aromatic nitrogens is 2. The van der Waals surface area contributed by atoms with E-state index in [-0.39, 0.29) is 12.0 Å².